The SMILES string of the molecule is CCCCCCCCCCCCCCCCCCCC(=O)O[C@@H](CO)COC(=O)CCCCCCCCCCCCCCCCCC. The predicted molar refractivity (Wildman–Crippen MR) is 201 cm³/mol. The highest BCUT2D eigenvalue weighted by atomic mass is 16.6. The van der Waals surface area contributed by atoms with E-state index in [1.807, 2.05) is 0 Å². The molecule has 0 fully saturated rings. The van der Waals surface area contributed by atoms with Crippen molar-refractivity contribution in [3.63, 3.8) is 0 Å². The van der Waals surface area contributed by atoms with Gasteiger partial charge >= 0.3 is 11.9 Å². The van der Waals surface area contributed by atoms with Gasteiger partial charge in [-0.05, 0) is 12.8 Å². The summed E-state index contributed by atoms with van der Waals surface area (Å²) in [4.78, 5) is 24.3. The lowest BCUT2D eigenvalue weighted by atomic mass is 10.0. The molecule has 1 atom stereocenters. The molecule has 0 aliphatic carbocycles. The van der Waals surface area contributed by atoms with E-state index in [1.54, 1.807) is 0 Å². The molecule has 0 rings (SSSR count). The summed E-state index contributed by atoms with van der Waals surface area (Å²) in [7, 11) is 0. The molecule has 0 radical (unpaired) electrons. The van der Waals surface area contributed by atoms with Gasteiger partial charge in [-0.3, -0.25) is 9.59 Å². The van der Waals surface area contributed by atoms with Crippen molar-refractivity contribution in [3.8, 4) is 0 Å². The first-order valence-corrected chi connectivity index (χ1v) is 21.1. The third kappa shape index (κ3) is 37.6. The van der Waals surface area contributed by atoms with E-state index in [9.17, 15) is 14.7 Å². The van der Waals surface area contributed by atoms with Gasteiger partial charge in [0.05, 0.1) is 6.61 Å². The maximum Gasteiger partial charge on any atom is 0.306 e. The Hall–Kier alpha value is -1.10. The van der Waals surface area contributed by atoms with Crippen molar-refractivity contribution in [2.75, 3.05) is 13.2 Å². The summed E-state index contributed by atoms with van der Waals surface area (Å²) in [6.45, 7) is 4.17. The van der Waals surface area contributed by atoms with E-state index in [4.69, 9.17) is 9.47 Å². The molecule has 5 heteroatoms. The van der Waals surface area contributed by atoms with Gasteiger partial charge < -0.3 is 14.6 Å². The van der Waals surface area contributed by atoms with Crippen molar-refractivity contribution in [2.24, 2.45) is 0 Å². The highest BCUT2D eigenvalue weighted by molar-refractivity contribution is 5.70. The number of hydrogen-bond acceptors (Lipinski definition) is 5. The molecule has 0 spiro atoms. The first kappa shape index (κ1) is 45.9. The van der Waals surface area contributed by atoms with Crippen molar-refractivity contribution in [1.82, 2.24) is 0 Å². The molecule has 0 amide bonds. The Morgan fingerprint density at radius 1 is 0.404 bits per heavy atom. The normalized spacial score (nSPS) is 12.0. The fourth-order valence-corrected chi connectivity index (χ4v) is 6.44. The van der Waals surface area contributed by atoms with Crippen LogP contribution in [-0.2, 0) is 19.1 Å². The molecule has 0 unspecified atom stereocenters. The third-order valence-electron chi connectivity index (χ3n) is 9.65. The van der Waals surface area contributed by atoms with Crippen molar-refractivity contribution >= 4 is 11.9 Å². The monoisotopic (exact) mass is 667 g/mol. The second-order valence-electron chi connectivity index (χ2n) is 14.4. The van der Waals surface area contributed by atoms with Crippen LogP contribution in [0.3, 0.4) is 0 Å². The molecule has 280 valence electrons. The maximum atomic E-state index is 12.2. The molecule has 0 saturated carbocycles. The average molecular weight is 667 g/mol. The van der Waals surface area contributed by atoms with Crippen LogP contribution in [0.25, 0.3) is 0 Å². The van der Waals surface area contributed by atoms with Crippen molar-refractivity contribution in [3.05, 3.63) is 0 Å². The van der Waals surface area contributed by atoms with Gasteiger partial charge in [-0.1, -0.05) is 213 Å². The zero-order valence-corrected chi connectivity index (χ0v) is 31.8. The largest absolute Gasteiger partial charge is 0.462 e. The topological polar surface area (TPSA) is 72.8 Å². The van der Waals surface area contributed by atoms with Crippen LogP contribution < -0.4 is 0 Å². The summed E-state index contributed by atoms with van der Waals surface area (Å²) >= 11 is 0. The van der Waals surface area contributed by atoms with Gasteiger partial charge in [-0.2, -0.15) is 0 Å². The predicted octanol–water partition coefficient (Wildman–Crippen LogP) is 13.1. The molecule has 1 N–H and O–H groups in total. The molecule has 0 aromatic rings. The Bertz CT molecular complexity index is 637. The van der Waals surface area contributed by atoms with E-state index in [-0.39, 0.29) is 25.2 Å². The number of ether oxygens (including phenoxy) is 2. The quantitative estimate of drug-likeness (QED) is 0.0522. The van der Waals surface area contributed by atoms with E-state index < -0.39 is 6.10 Å². The van der Waals surface area contributed by atoms with Crippen LogP contribution in [0.5, 0.6) is 0 Å². The minimum atomic E-state index is -0.761. The standard InChI is InChI=1S/C42H82O5/c1-3-5-7-9-11-13-15-17-19-21-23-25-27-29-31-33-35-37-42(45)47-40(38-43)39-46-41(44)36-34-32-30-28-26-24-22-20-18-16-14-12-10-8-6-4-2/h40,43H,3-39H2,1-2H3/t40-/m0/s1. The zero-order valence-electron chi connectivity index (χ0n) is 31.8. The Balaban J connectivity index is 3.47. The smallest absolute Gasteiger partial charge is 0.306 e. The number of carbonyl (C=O) groups excluding carboxylic acids is 2. The van der Waals surface area contributed by atoms with Crippen LogP contribution in [0.1, 0.15) is 239 Å². The number of carbonyl (C=O) groups is 2. The molecule has 0 aliphatic rings. The minimum absolute atomic E-state index is 0.0566. The second-order valence-corrected chi connectivity index (χ2v) is 14.4. The Morgan fingerprint density at radius 2 is 0.660 bits per heavy atom. The zero-order chi connectivity index (χ0) is 34.3. The number of hydrogen-bond donors (Lipinski definition) is 1. The molecule has 0 aromatic heterocycles. The minimum Gasteiger partial charge on any atom is -0.462 e. The second kappa shape index (κ2) is 39.3. The molecule has 5 nitrogen and oxygen atoms in total. The van der Waals surface area contributed by atoms with Crippen LogP contribution in [0.2, 0.25) is 0 Å². The Kier molecular flexibility index (Phi) is 38.4. The van der Waals surface area contributed by atoms with Crippen LogP contribution in [0.15, 0.2) is 0 Å². The van der Waals surface area contributed by atoms with E-state index in [2.05, 4.69) is 13.8 Å². The maximum absolute atomic E-state index is 12.2. The van der Waals surface area contributed by atoms with Crippen molar-refractivity contribution in [1.29, 1.82) is 0 Å². The van der Waals surface area contributed by atoms with E-state index in [0.29, 0.717) is 12.8 Å². The van der Waals surface area contributed by atoms with Gasteiger partial charge in [0.1, 0.15) is 6.61 Å². The molecule has 0 saturated heterocycles. The number of esters is 2. The molecule has 0 heterocycles. The average Bonchev–Trinajstić information content (AvgIpc) is 3.07. The number of rotatable bonds is 39. The van der Waals surface area contributed by atoms with Gasteiger partial charge in [0.15, 0.2) is 6.10 Å². The fraction of sp³-hybridized carbons (Fsp3) is 0.952. The van der Waals surface area contributed by atoms with Gasteiger partial charge in [-0.25, -0.2) is 0 Å². The molecular weight excluding hydrogens is 584 g/mol. The molecule has 0 aliphatic heterocycles. The summed E-state index contributed by atoms with van der Waals surface area (Å²) in [5.41, 5.74) is 0. The van der Waals surface area contributed by atoms with Gasteiger partial charge in [0.25, 0.3) is 0 Å². The summed E-state index contributed by atoms with van der Waals surface area (Å²) in [6.07, 6.45) is 43.1. The Labute approximate surface area is 293 Å². The van der Waals surface area contributed by atoms with Gasteiger partial charge in [0.2, 0.25) is 0 Å². The van der Waals surface area contributed by atoms with E-state index in [1.165, 1.54) is 180 Å². The number of aliphatic hydroxyl groups excluding tert-OH is 1. The van der Waals surface area contributed by atoms with Crippen molar-refractivity contribution < 1.29 is 24.2 Å². The third-order valence-corrected chi connectivity index (χ3v) is 9.65. The summed E-state index contributed by atoms with van der Waals surface area (Å²) in [5.74, 6) is -0.572. The molecule has 47 heavy (non-hydrogen) atoms. The van der Waals surface area contributed by atoms with Crippen molar-refractivity contribution in [2.45, 2.75) is 245 Å². The first-order chi connectivity index (χ1) is 23.1. The highest BCUT2D eigenvalue weighted by Gasteiger charge is 2.16. The van der Waals surface area contributed by atoms with Crippen LogP contribution in [0, 0.1) is 0 Å². The highest BCUT2D eigenvalue weighted by Crippen LogP contribution is 2.16. The number of aliphatic hydroxyl groups is 1. The number of unbranched alkanes of at least 4 members (excludes halogenated alkanes) is 31. The molecule has 0 bridgehead atoms. The molecule has 0 aromatic carbocycles. The lowest BCUT2D eigenvalue weighted by Gasteiger charge is -2.15. The van der Waals surface area contributed by atoms with Crippen LogP contribution >= 0.6 is 0 Å². The van der Waals surface area contributed by atoms with E-state index >= 15 is 0 Å². The first-order valence-electron chi connectivity index (χ1n) is 21.1. The fourth-order valence-electron chi connectivity index (χ4n) is 6.44. The summed E-state index contributed by atoms with van der Waals surface area (Å²) in [5, 5.41) is 9.56. The van der Waals surface area contributed by atoms with Crippen LogP contribution in [-0.4, -0.2) is 36.4 Å². The summed E-state index contributed by atoms with van der Waals surface area (Å²) < 4.78 is 10.6. The van der Waals surface area contributed by atoms with Crippen LogP contribution in [0.4, 0.5) is 0 Å². The lowest BCUT2D eigenvalue weighted by Crippen LogP contribution is -2.28. The van der Waals surface area contributed by atoms with E-state index in [0.717, 1.165) is 32.1 Å². The van der Waals surface area contributed by atoms with Gasteiger partial charge in [-0.15, -0.1) is 0 Å². The lowest BCUT2D eigenvalue weighted by molar-refractivity contribution is -0.161. The molecular formula is C42H82O5. The summed E-state index contributed by atoms with van der Waals surface area (Å²) in [6, 6.07) is 0. The van der Waals surface area contributed by atoms with Gasteiger partial charge in [0, 0.05) is 12.8 Å². The Morgan fingerprint density at radius 3 is 0.936 bits per heavy atom.